The molecule has 0 fully saturated rings. The third-order valence-electron chi connectivity index (χ3n) is 2.41. The first-order chi connectivity index (χ1) is 9.25. The van der Waals surface area contributed by atoms with E-state index in [0.29, 0.717) is 11.6 Å². The van der Waals surface area contributed by atoms with Crippen molar-refractivity contribution < 1.29 is 9.52 Å². The number of aromatic nitrogens is 1. The number of thiophene rings is 1. The maximum absolute atomic E-state index is 11.6. The van der Waals surface area contributed by atoms with E-state index >= 15 is 0 Å². The van der Waals surface area contributed by atoms with Crippen LogP contribution in [0.4, 0.5) is 0 Å². The van der Waals surface area contributed by atoms with Crippen molar-refractivity contribution in [2.24, 2.45) is 0 Å². The molecule has 2 aromatic rings. The molecule has 1 N–H and O–H groups in total. The van der Waals surface area contributed by atoms with E-state index in [4.69, 9.17) is 0 Å². The smallest absolute Gasteiger partial charge is 0.251 e. The molecule has 0 aliphatic carbocycles. The highest BCUT2D eigenvalue weighted by atomic mass is 32.2. The van der Waals surface area contributed by atoms with Gasteiger partial charge in [0.2, 0.25) is 5.91 Å². The minimum atomic E-state index is -0.0505. The number of hydrogen-bond donors (Lipinski definition) is 1. The number of carbonyl (C=O) groups excluding carboxylic acids is 1. The molecule has 2 heterocycles. The summed E-state index contributed by atoms with van der Waals surface area (Å²) in [5.74, 6) is 0.210. The predicted molar refractivity (Wildman–Crippen MR) is 77.2 cm³/mol. The lowest BCUT2D eigenvalue weighted by Crippen LogP contribution is -2.30. The zero-order valence-electron chi connectivity index (χ0n) is 10.2. The van der Waals surface area contributed by atoms with Gasteiger partial charge in [-0.05, 0) is 35.7 Å². The van der Waals surface area contributed by atoms with Crippen LogP contribution in [0, 0.1) is 5.21 Å². The fourth-order valence-electron chi connectivity index (χ4n) is 1.49. The maximum Gasteiger partial charge on any atom is 0.251 e. The molecule has 6 heteroatoms. The number of nitrogens with zero attached hydrogens (tertiary/aromatic N) is 1. The van der Waals surface area contributed by atoms with Gasteiger partial charge in [0.05, 0.1) is 5.75 Å². The molecule has 0 saturated carbocycles. The molecule has 1 amide bonds. The Morgan fingerprint density at radius 3 is 3.00 bits per heavy atom. The van der Waals surface area contributed by atoms with Crippen LogP contribution in [0.25, 0.3) is 0 Å². The van der Waals surface area contributed by atoms with Crippen LogP contribution >= 0.6 is 23.1 Å². The summed E-state index contributed by atoms with van der Waals surface area (Å²) in [5, 5.41) is 16.8. The lowest BCUT2D eigenvalue weighted by molar-refractivity contribution is -0.645. The van der Waals surface area contributed by atoms with Crippen LogP contribution in [-0.2, 0) is 11.2 Å². The highest BCUT2D eigenvalue weighted by molar-refractivity contribution is 7.99. The van der Waals surface area contributed by atoms with Gasteiger partial charge in [0, 0.05) is 23.6 Å². The van der Waals surface area contributed by atoms with Gasteiger partial charge in [-0.3, -0.25) is 4.79 Å². The number of carbonyl (C=O) groups is 1. The van der Waals surface area contributed by atoms with Crippen LogP contribution in [0.5, 0.6) is 0 Å². The Morgan fingerprint density at radius 2 is 2.26 bits per heavy atom. The van der Waals surface area contributed by atoms with Crippen LogP contribution in [0.1, 0.15) is 4.88 Å². The minimum Gasteiger partial charge on any atom is -0.618 e. The lowest BCUT2D eigenvalue weighted by atomic mass is 10.3. The monoisotopic (exact) mass is 294 g/mol. The molecule has 2 rings (SSSR count). The number of amides is 1. The summed E-state index contributed by atoms with van der Waals surface area (Å²) < 4.78 is 0.767. The first-order valence-electron chi connectivity index (χ1n) is 5.86. The molecule has 19 heavy (non-hydrogen) atoms. The zero-order chi connectivity index (χ0) is 13.5. The molecule has 0 spiro atoms. The molecule has 0 atom stereocenters. The molecule has 0 saturated heterocycles. The fraction of sp³-hybridized carbons (Fsp3) is 0.231. The van der Waals surface area contributed by atoms with Crippen molar-refractivity contribution in [3.63, 3.8) is 0 Å². The third kappa shape index (κ3) is 4.57. The lowest BCUT2D eigenvalue weighted by Gasteiger charge is -2.04. The van der Waals surface area contributed by atoms with Crippen molar-refractivity contribution in [1.29, 1.82) is 0 Å². The van der Waals surface area contributed by atoms with Gasteiger partial charge in [0.1, 0.15) is 0 Å². The molecule has 0 aromatic carbocycles. The van der Waals surface area contributed by atoms with Gasteiger partial charge in [-0.25, -0.2) is 0 Å². The summed E-state index contributed by atoms with van der Waals surface area (Å²) in [6, 6.07) is 9.20. The maximum atomic E-state index is 11.6. The van der Waals surface area contributed by atoms with Crippen molar-refractivity contribution >= 4 is 29.0 Å². The van der Waals surface area contributed by atoms with Crippen LogP contribution in [0.15, 0.2) is 46.9 Å². The Kier molecular flexibility index (Phi) is 5.23. The summed E-state index contributed by atoms with van der Waals surface area (Å²) >= 11 is 2.93. The second-order valence-corrected chi connectivity index (χ2v) is 5.86. The van der Waals surface area contributed by atoms with Gasteiger partial charge in [-0.1, -0.05) is 6.07 Å². The molecule has 0 aliphatic heterocycles. The van der Waals surface area contributed by atoms with Gasteiger partial charge >= 0.3 is 0 Å². The standard InChI is InChI=1S/C13H14N2O2S2/c16-12(14-7-6-11-4-3-9-18-11)10-19-13-5-1-2-8-15(13)17/h1-5,8-9H,6-7,10H2,(H,14,16). The van der Waals surface area contributed by atoms with Crippen molar-refractivity contribution in [1.82, 2.24) is 5.32 Å². The summed E-state index contributed by atoms with van der Waals surface area (Å²) in [7, 11) is 0. The summed E-state index contributed by atoms with van der Waals surface area (Å²) in [6.07, 6.45) is 2.28. The van der Waals surface area contributed by atoms with E-state index in [0.717, 1.165) is 11.2 Å². The van der Waals surface area contributed by atoms with Gasteiger partial charge in [-0.2, -0.15) is 4.73 Å². The van der Waals surface area contributed by atoms with Gasteiger partial charge in [-0.15, -0.1) is 11.3 Å². The van der Waals surface area contributed by atoms with E-state index in [1.807, 2.05) is 11.4 Å². The first-order valence-corrected chi connectivity index (χ1v) is 7.72. The molecule has 0 radical (unpaired) electrons. The van der Waals surface area contributed by atoms with E-state index in [2.05, 4.69) is 11.4 Å². The normalized spacial score (nSPS) is 10.3. The van der Waals surface area contributed by atoms with Crippen molar-refractivity contribution in [3.05, 3.63) is 52.0 Å². The molecule has 100 valence electrons. The third-order valence-corrected chi connectivity index (χ3v) is 4.37. The van der Waals surface area contributed by atoms with E-state index in [1.54, 1.807) is 29.5 Å². The molecule has 2 aromatic heterocycles. The molecule has 0 aliphatic rings. The second-order valence-electron chi connectivity index (χ2n) is 3.83. The van der Waals surface area contributed by atoms with Crippen LogP contribution in [0.2, 0.25) is 0 Å². The van der Waals surface area contributed by atoms with Crippen LogP contribution < -0.4 is 10.0 Å². The topological polar surface area (TPSA) is 56.0 Å². The number of thioether (sulfide) groups is 1. The largest absolute Gasteiger partial charge is 0.618 e. The van der Waals surface area contributed by atoms with E-state index in [1.165, 1.54) is 22.8 Å². The van der Waals surface area contributed by atoms with Gasteiger partial charge in [0.15, 0.2) is 6.20 Å². The summed E-state index contributed by atoms with van der Waals surface area (Å²) in [6.45, 7) is 0.631. The Hall–Kier alpha value is -1.53. The Balaban J connectivity index is 1.69. The molecule has 4 nitrogen and oxygen atoms in total. The highest BCUT2D eigenvalue weighted by Crippen LogP contribution is 2.12. The average molecular weight is 294 g/mol. The number of rotatable bonds is 6. The van der Waals surface area contributed by atoms with Gasteiger partial charge < -0.3 is 10.5 Å². The van der Waals surface area contributed by atoms with E-state index in [-0.39, 0.29) is 11.7 Å². The number of nitrogens with one attached hydrogen (secondary N) is 1. The fourth-order valence-corrected chi connectivity index (χ4v) is 2.95. The quantitative estimate of drug-likeness (QED) is 0.502. The Bertz CT molecular complexity index is 529. The molecular formula is C13H14N2O2S2. The second kappa shape index (κ2) is 7.16. The molecule has 0 bridgehead atoms. The molecule has 0 unspecified atom stereocenters. The van der Waals surface area contributed by atoms with Crippen LogP contribution in [0.3, 0.4) is 0 Å². The van der Waals surface area contributed by atoms with Crippen molar-refractivity contribution in [2.45, 2.75) is 11.4 Å². The highest BCUT2D eigenvalue weighted by Gasteiger charge is 2.08. The van der Waals surface area contributed by atoms with E-state index < -0.39 is 0 Å². The van der Waals surface area contributed by atoms with Gasteiger partial charge in [0.25, 0.3) is 5.03 Å². The minimum absolute atomic E-state index is 0.0505. The Morgan fingerprint density at radius 1 is 1.37 bits per heavy atom. The number of pyridine rings is 1. The van der Waals surface area contributed by atoms with E-state index in [9.17, 15) is 10.0 Å². The van der Waals surface area contributed by atoms with Crippen LogP contribution in [-0.4, -0.2) is 18.2 Å². The van der Waals surface area contributed by atoms with Crippen molar-refractivity contribution in [2.75, 3.05) is 12.3 Å². The SMILES string of the molecule is O=C(CSc1cccc[n+]1[O-])NCCc1cccs1. The summed E-state index contributed by atoms with van der Waals surface area (Å²) in [5.41, 5.74) is 0. The predicted octanol–water partition coefficient (Wildman–Crippen LogP) is 1.83. The average Bonchev–Trinajstić information content (AvgIpc) is 2.91. The Labute approximate surface area is 120 Å². The number of hydrogen-bond acceptors (Lipinski definition) is 4. The summed E-state index contributed by atoms with van der Waals surface area (Å²) in [4.78, 5) is 12.9. The molecular weight excluding hydrogens is 280 g/mol. The zero-order valence-corrected chi connectivity index (χ0v) is 11.9. The van der Waals surface area contributed by atoms with Crippen molar-refractivity contribution in [3.8, 4) is 0 Å². The first kappa shape index (κ1) is 13.9.